The molecule has 3 heterocycles. The zero-order valence-electron chi connectivity index (χ0n) is 12.2. The number of nitrogen functional groups attached to an aromatic ring is 1. The van der Waals surface area contributed by atoms with Crippen LogP contribution < -0.4 is 11.1 Å². The fourth-order valence-corrected chi connectivity index (χ4v) is 4.51. The second kappa shape index (κ2) is 4.86. The van der Waals surface area contributed by atoms with Gasteiger partial charge in [0, 0.05) is 29.3 Å². The van der Waals surface area contributed by atoms with E-state index in [0.29, 0.717) is 6.04 Å². The molecule has 1 aliphatic heterocycles. The molecule has 2 aliphatic rings. The lowest BCUT2D eigenvalue weighted by atomic mass is 9.81. The van der Waals surface area contributed by atoms with Crippen molar-refractivity contribution in [2.45, 2.75) is 37.6 Å². The molecule has 0 saturated heterocycles. The summed E-state index contributed by atoms with van der Waals surface area (Å²) < 4.78 is 2.83. The molecule has 1 saturated carbocycles. The van der Waals surface area contributed by atoms with Crippen molar-refractivity contribution in [1.82, 2.24) is 14.8 Å². The van der Waals surface area contributed by atoms with Crippen LogP contribution in [0.15, 0.2) is 16.9 Å². The number of nitrogens with zero attached hydrogens (tertiary/aromatic N) is 3. The van der Waals surface area contributed by atoms with Crippen molar-refractivity contribution in [2.24, 2.45) is 0 Å². The second-order valence-corrected chi connectivity index (χ2v) is 7.56. The Labute approximate surface area is 142 Å². The highest BCUT2D eigenvalue weighted by molar-refractivity contribution is 9.10. The summed E-state index contributed by atoms with van der Waals surface area (Å²) in [6, 6.07) is 0.316. The van der Waals surface area contributed by atoms with Gasteiger partial charge in [0.15, 0.2) is 0 Å². The third-order valence-electron chi connectivity index (χ3n) is 5.05. The maximum Gasteiger partial charge on any atom is 0.131 e. The minimum Gasteiger partial charge on any atom is -0.384 e. The fourth-order valence-electron chi connectivity index (χ4n) is 3.87. The molecule has 2 atom stereocenters. The van der Waals surface area contributed by atoms with Crippen molar-refractivity contribution < 1.29 is 0 Å². The summed E-state index contributed by atoms with van der Waals surface area (Å²) in [7, 11) is 0. The van der Waals surface area contributed by atoms with E-state index in [1.165, 1.54) is 0 Å². The van der Waals surface area contributed by atoms with Gasteiger partial charge in [-0.3, -0.25) is 0 Å². The van der Waals surface area contributed by atoms with Crippen LogP contribution in [0.5, 0.6) is 0 Å². The van der Waals surface area contributed by atoms with E-state index >= 15 is 0 Å². The number of aromatic nitrogens is 3. The van der Waals surface area contributed by atoms with Crippen molar-refractivity contribution in [3.8, 4) is 0 Å². The average molecular weight is 383 g/mol. The molecule has 7 heteroatoms. The first-order valence-electron chi connectivity index (χ1n) is 7.40. The topological polar surface area (TPSA) is 68.8 Å². The number of aryl methyl sites for hydroxylation is 1. The SMILES string of the molecule is Cc1cnn(C2CCC3(CNc4ncc(Br)c(Cl)c43)C2)c1N. The zero-order chi connectivity index (χ0) is 15.5. The molecule has 2 aromatic rings. The van der Waals surface area contributed by atoms with Gasteiger partial charge in [-0.1, -0.05) is 11.6 Å². The Morgan fingerprint density at radius 2 is 2.32 bits per heavy atom. The smallest absolute Gasteiger partial charge is 0.131 e. The van der Waals surface area contributed by atoms with Crippen LogP contribution in [0.25, 0.3) is 0 Å². The standard InChI is InChI=1S/C15H17BrClN5/c1-8-5-21-22(13(8)18)9-2-3-15(4-9)7-20-14-11(15)12(17)10(16)6-19-14/h5-6,9H,2-4,7,18H2,1H3,(H,19,20). The third-order valence-corrected chi connectivity index (χ3v) is 6.27. The van der Waals surface area contributed by atoms with Crippen LogP contribution >= 0.6 is 27.5 Å². The number of pyridine rings is 1. The number of hydrogen-bond acceptors (Lipinski definition) is 4. The molecule has 5 nitrogen and oxygen atoms in total. The van der Waals surface area contributed by atoms with Gasteiger partial charge in [-0.2, -0.15) is 5.10 Å². The van der Waals surface area contributed by atoms with E-state index in [1.54, 1.807) is 6.20 Å². The molecule has 2 unspecified atom stereocenters. The van der Waals surface area contributed by atoms with Crippen molar-refractivity contribution in [3.05, 3.63) is 33.0 Å². The molecular weight excluding hydrogens is 366 g/mol. The Balaban J connectivity index is 1.73. The van der Waals surface area contributed by atoms with Gasteiger partial charge in [0.25, 0.3) is 0 Å². The first-order valence-corrected chi connectivity index (χ1v) is 8.57. The lowest BCUT2D eigenvalue weighted by Crippen LogP contribution is -2.26. The Morgan fingerprint density at radius 1 is 1.50 bits per heavy atom. The van der Waals surface area contributed by atoms with Crippen LogP contribution in [-0.4, -0.2) is 21.3 Å². The summed E-state index contributed by atoms with van der Waals surface area (Å²) in [4.78, 5) is 4.47. The highest BCUT2D eigenvalue weighted by Gasteiger charge is 2.48. The van der Waals surface area contributed by atoms with E-state index in [-0.39, 0.29) is 5.41 Å². The largest absolute Gasteiger partial charge is 0.384 e. The molecular formula is C15H17BrClN5. The first kappa shape index (κ1) is 14.3. The molecule has 1 spiro atoms. The molecule has 0 amide bonds. The van der Waals surface area contributed by atoms with E-state index in [2.05, 4.69) is 31.3 Å². The molecule has 0 bridgehead atoms. The van der Waals surface area contributed by atoms with E-state index in [0.717, 1.165) is 58.1 Å². The number of anilines is 2. The maximum absolute atomic E-state index is 6.56. The fraction of sp³-hybridized carbons (Fsp3) is 0.467. The van der Waals surface area contributed by atoms with Gasteiger partial charge in [-0.25, -0.2) is 9.67 Å². The number of hydrogen-bond donors (Lipinski definition) is 2. The number of fused-ring (bicyclic) bond motifs is 2. The van der Waals surface area contributed by atoms with Gasteiger partial charge in [-0.15, -0.1) is 0 Å². The maximum atomic E-state index is 6.56. The Hall–Kier alpha value is -1.27. The molecule has 0 aromatic carbocycles. The van der Waals surface area contributed by atoms with Crippen molar-refractivity contribution in [2.75, 3.05) is 17.6 Å². The Morgan fingerprint density at radius 3 is 3.05 bits per heavy atom. The minimum atomic E-state index is 0.0279. The van der Waals surface area contributed by atoms with Crippen LogP contribution in [0.3, 0.4) is 0 Å². The number of nitrogens with two attached hydrogens (primary N) is 1. The lowest BCUT2D eigenvalue weighted by molar-refractivity contribution is 0.422. The molecule has 4 rings (SSSR count). The Bertz CT molecular complexity index is 759. The number of nitrogens with one attached hydrogen (secondary N) is 1. The summed E-state index contributed by atoms with van der Waals surface area (Å²) in [5.41, 5.74) is 8.37. The monoisotopic (exact) mass is 381 g/mol. The quantitative estimate of drug-likeness (QED) is 0.789. The van der Waals surface area contributed by atoms with Gasteiger partial charge in [-0.05, 0) is 42.1 Å². The lowest BCUT2D eigenvalue weighted by Gasteiger charge is -2.24. The van der Waals surface area contributed by atoms with Crippen molar-refractivity contribution in [3.63, 3.8) is 0 Å². The number of halogens is 2. The number of rotatable bonds is 1. The first-order chi connectivity index (χ1) is 10.5. The van der Waals surface area contributed by atoms with Crippen LogP contribution in [0.4, 0.5) is 11.6 Å². The average Bonchev–Trinajstić information content (AvgIpc) is 3.17. The van der Waals surface area contributed by atoms with Crippen LogP contribution in [0.2, 0.25) is 5.02 Å². The van der Waals surface area contributed by atoms with Gasteiger partial charge in [0.05, 0.1) is 21.7 Å². The predicted molar refractivity (Wildman–Crippen MR) is 91.4 cm³/mol. The summed E-state index contributed by atoms with van der Waals surface area (Å²) in [5.74, 6) is 1.69. The van der Waals surface area contributed by atoms with Gasteiger partial charge >= 0.3 is 0 Å². The molecule has 116 valence electrons. The molecule has 0 radical (unpaired) electrons. The summed E-state index contributed by atoms with van der Waals surface area (Å²) in [6.45, 7) is 2.87. The second-order valence-electron chi connectivity index (χ2n) is 6.33. The molecule has 3 N–H and O–H groups in total. The molecule has 22 heavy (non-hydrogen) atoms. The summed E-state index contributed by atoms with van der Waals surface area (Å²) >= 11 is 10.1. The van der Waals surface area contributed by atoms with Gasteiger partial charge < -0.3 is 11.1 Å². The minimum absolute atomic E-state index is 0.0279. The zero-order valence-corrected chi connectivity index (χ0v) is 14.6. The molecule has 2 aromatic heterocycles. The van der Waals surface area contributed by atoms with E-state index < -0.39 is 0 Å². The summed E-state index contributed by atoms with van der Waals surface area (Å²) in [5, 5.41) is 8.65. The van der Waals surface area contributed by atoms with Crippen LogP contribution in [0.1, 0.15) is 36.4 Å². The highest BCUT2D eigenvalue weighted by atomic mass is 79.9. The normalized spacial score (nSPS) is 26.4. The third kappa shape index (κ3) is 1.90. The van der Waals surface area contributed by atoms with E-state index in [1.807, 2.05) is 17.8 Å². The van der Waals surface area contributed by atoms with Crippen molar-refractivity contribution >= 4 is 39.2 Å². The Kier molecular flexibility index (Phi) is 3.17. The van der Waals surface area contributed by atoms with Gasteiger partial charge in [0.2, 0.25) is 0 Å². The van der Waals surface area contributed by atoms with E-state index in [4.69, 9.17) is 17.3 Å². The van der Waals surface area contributed by atoms with Crippen LogP contribution in [0, 0.1) is 6.92 Å². The highest BCUT2D eigenvalue weighted by Crippen LogP contribution is 2.54. The van der Waals surface area contributed by atoms with Crippen molar-refractivity contribution in [1.29, 1.82) is 0 Å². The van der Waals surface area contributed by atoms with Gasteiger partial charge in [0.1, 0.15) is 11.6 Å². The van der Waals surface area contributed by atoms with E-state index in [9.17, 15) is 0 Å². The summed E-state index contributed by atoms with van der Waals surface area (Å²) in [6.07, 6.45) is 6.69. The predicted octanol–water partition coefficient (Wildman–Crippen LogP) is 3.67. The van der Waals surface area contributed by atoms with Crippen LogP contribution in [-0.2, 0) is 5.41 Å². The molecule has 1 fully saturated rings. The molecule has 1 aliphatic carbocycles.